The number of fused-ring (bicyclic) bond motifs is 1. The predicted octanol–water partition coefficient (Wildman–Crippen LogP) is 3.26. The zero-order valence-corrected chi connectivity index (χ0v) is 18.6. The number of H-pyrrole nitrogens is 1. The Morgan fingerprint density at radius 2 is 2.06 bits per heavy atom. The Morgan fingerprint density at radius 1 is 1.22 bits per heavy atom. The van der Waals surface area contributed by atoms with Gasteiger partial charge >= 0.3 is 0 Å². The largest absolute Gasteiger partial charge is 0.361 e. The number of rotatable bonds is 6. The molecule has 1 aromatic heterocycles. The van der Waals surface area contributed by atoms with Crippen molar-refractivity contribution < 1.29 is 9.59 Å². The molecule has 0 aliphatic carbocycles. The molecule has 2 amide bonds. The van der Waals surface area contributed by atoms with Crippen LogP contribution in [-0.4, -0.2) is 47.4 Å². The minimum atomic E-state index is -0.461. The van der Waals surface area contributed by atoms with E-state index in [1.165, 1.54) is 5.56 Å². The van der Waals surface area contributed by atoms with Gasteiger partial charge in [-0.15, -0.1) is 0 Å². The molecule has 3 heterocycles. The van der Waals surface area contributed by atoms with Gasteiger partial charge < -0.3 is 15.6 Å². The van der Waals surface area contributed by atoms with Crippen molar-refractivity contribution in [3.8, 4) is 0 Å². The average molecular weight is 451 g/mol. The summed E-state index contributed by atoms with van der Waals surface area (Å²) in [5.41, 5.74) is 2.93. The highest BCUT2D eigenvalue weighted by molar-refractivity contribution is 6.31. The van der Waals surface area contributed by atoms with Crippen LogP contribution in [0.3, 0.4) is 0 Å². The molecule has 166 valence electrons. The smallest absolute Gasteiger partial charge is 0.242 e. The highest BCUT2D eigenvalue weighted by Crippen LogP contribution is 2.40. The molecule has 2 fully saturated rings. The number of hydrogen-bond donors (Lipinski definition) is 3. The fraction of sp³-hybridized carbons (Fsp3) is 0.360. The number of nitrogens with zero attached hydrogens (tertiary/aromatic N) is 1. The van der Waals surface area contributed by atoms with Crippen LogP contribution in [0.2, 0.25) is 5.02 Å². The highest BCUT2D eigenvalue weighted by atomic mass is 35.5. The van der Waals surface area contributed by atoms with Crippen molar-refractivity contribution in [1.82, 2.24) is 20.5 Å². The first-order valence-electron chi connectivity index (χ1n) is 11.1. The first kappa shape index (κ1) is 21.0. The number of nitrogens with one attached hydrogen (secondary N) is 3. The molecule has 2 aromatic carbocycles. The standard InChI is InChI=1S/C25H27ClN4O2/c26-19-6-7-21-20(12-19)18(14-28-21)8-10-27-23(31)22-13-25(24(32)29-22)9-11-30(16-25)15-17-4-2-1-3-5-17/h1-7,12,14,22,28H,8-11,13,15-16H2,(H,27,31)(H,29,32)/t22-,25-/m0/s1. The summed E-state index contributed by atoms with van der Waals surface area (Å²) in [5, 5.41) is 7.72. The Hall–Kier alpha value is -2.83. The normalized spacial score (nSPS) is 23.2. The third-order valence-corrected chi connectivity index (χ3v) is 7.04. The summed E-state index contributed by atoms with van der Waals surface area (Å²) in [6.45, 7) is 2.92. The maximum atomic E-state index is 12.8. The topological polar surface area (TPSA) is 77.2 Å². The minimum Gasteiger partial charge on any atom is -0.361 e. The van der Waals surface area contributed by atoms with E-state index in [2.05, 4.69) is 32.7 Å². The van der Waals surface area contributed by atoms with E-state index in [9.17, 15) is 9.59 Å². The van der Waals surface area contributed by atoms with Gasteiger partial charge in [0.2, 0.25) is 11.8 Å². The van der Waals surface area contributed by atoms with E-state index < -0.39 is 11.5 Å². The molecule has 0 bridgehead atoms. The number of aromatic nitrogens is 1. The molecule has 2 aliphatic heterocycles. The Labute approximate surface area is 192 Å². The van der Waals surface area contributed by atoms with E-state index in [1.807, 2.05) is 42.6 Å². The van der Waals surface area contributed by atoms with Crippen molar-refractivity contribution in [1.29, 1.82) is 0 Å². The van der Waals surface area contributed by atoms with Gasteiger partial charge in [0, 0.05) is 41.8 Å². The lowest BCUT2D eigenvalue weighted by Gasteiger charge is -2.21. The molecule has 1 spiro atoms. The van der Waals surface area contributed by atoms with Crippen LogP contribution < -0.4 is 10.6 Å². The Kier molecular flexibility index (Phi) is 5.66. The molecular formula is C25H27ClN4O2. The summed E-state index contributed by atoms with van der Waals surface area (Å²) in [7, 11) is 0. The molecular weight excluding hydrogens is 424 g/mol. The second-order valence-corrected chi connectivity index (χ2v) is 9.44. The molecule has 3 N–H and O–H groups in total. The van der Waals surface area contributed by atoms with Crippen LogP contribution in [0.4, 0.5) is 0 Å². The van der Waals surface area contributed by atoms with Gasteiger partial charge in [0.1, 0.15) is 6.04 Å². The number of carbonyl (C=O) groups is 2. The van der Waals surface area contributed by atoms with Crippen LogP contribution in [-0.2, 0) is 22.6 Å². The third kappa shape index (κ3) is 4.12. The summed E-state index contributed by atoms with van der Waals surface area (Å²) in [4.78, 5) is 31.1. The quantitative estimate of drug-likeness (QED) is 0.539. The van der Waals surface area contributed by atoms with E-state index in [1.54, 1.807) is 0 Å². The van der Waals surface area contributed by atoms with Crippen molar-refractivity contribution in [2.24, 2.45) is 5.41 Å². The van der Waals surface area contributed by atoms with Crippen molar-refractivity contribution >= 4 is 34.3 Å². The van der Waals surface area contributed by atoms with Gasteiger partial charge in [-0.3, -0.25) is 14.5 Å². The van der Waals surface area contributed by atoms with Gasteiger partial charge in [0.05, 0.1) is 5.41 Å². The maximum absolute atomic E-state index is 12.8. The number of hydrogen-bond acceptors (Lipinski definition) is 3. The van der Waals surface area contributed by atoms with E-state index in [0.717, 1.165) is 36.0 Å². The Morgan fingerprint density at radius 3 is 2.91 bits per heavy atom. The zero-order chi connectivity index (χ0) is 22.1. The fourth-order valence-corrected chi connectivity index (χ4v) is 5.26. The molecule has 6 nitrogen and oxygen atoms in total. The highest BCUT2D eigenvalue weighted by Gasteiger charge is 2.52. The molecule has 2 saturated heterocycles. The lowest BCUT2D eigenvalue weighted by Crippen LogP contribution is -2.42. The number of carbonyl (C=O) groups excluding carboxylic acids is 2. The van der Waals surface area contributed by atoms with E-state index in [0.29, 0.717) is 31.0 Å². The number of likely N-dealkylation sites (tertiary alicyclic amines) is 1. The molecule has 7 heteroatoms. The lowest BCUT2D eigenvalue weighted by molar-refractivity contribution is -0.128. The molecule has 0 saturated carbocycles. The van der Waals surface area contributed by atoms with Gasteiger partial charge in [-0.2, -0.15) is 0 Å². The van der Waals surface area contributed by atoms with Gasteiger partial charge in [-0.25, -0.2) is 0 Å². The zero-order valence-electron chi connectivity index (χ0n) is 17.9. The van der Waals surface area contributed by atoms with Gasteiger partial charge in [-0.1, -0.05) is 41.9 Å². The summed E-state index contributed by atoms with van der Waals surface area (Å²) in [6.07, 6.45) is 4.01. The first-order valence-corrected chi connectivity index (χ1v) is 11.5. The van der Waals surface area contributed by atoms with Crippen LogP contribution in [0.15, 0.2) is 54.7 Å². The number of aromatic amines is 1. The number of amides is 2. The summed E-state index contributed by atoms with van der Waals surface area (Å²) in [5.74, 6) is -0.0888. The molecule has 3 aromatic rings. The van der Waals surface area contributed by atoms with E-state index >= 15 is 0 Å². The fourth-order valence-electron chi connectivity index (χ4n) is 5.09. The first-order chi connectivity index (χ1) is 15.5. The lowest BCUT2D eigenvalue weighted by atomic mass is 9.84. The number of benzene rings is 2. The van der Waals surface area contributed by atoms with Gasteiger partial charge in [0.15, 0.2) is 0 Å². The Bertz CT molecular complexity index is 1150. The average Bonchev–Trinajstić information content (AvgIpc) is 3.47. The minimum absolute atomic E-state index is 0.0134. The number of halogens is 1. The van der Waals surface area contributed by atoms with Gasteiger partial charge in [-0.05, 0) is 55.1 Å². The van der Waals surface area contributed by atoms with Crippen molar-refractivity contribution in [2.75, 3.05) is 19.6 Å². The SMILES string of the molecule is O=C(NCCc1c[nH]c2ccc(Cl)cc12)[C@@H]1C[C@]2(CCN(Cc3ccccc3)C2)C(=O)N1. The Balaban J connectivity index is 1.15. The maximum Gasteiger partial charge on any atom is 0.242 e. The van der Waals surface area contributed by atoms with Crippen molar-refractivity contribution in [2.45, 2.75) is 31.8 Å². The summed E-state index contributed by atoms with van der Waals surface area (Å²) >= 11 is 6.12. The molecule has 5 rings (SSSR count). The summed E-state index contributed by atoms with van der Waals surface area (Å²) in [6, 6.07) is 15.6. The monoisotopic (exact) mass is 450 g/mol. The van der Waals surface area contributed by atoms with Gasteiger partial charge in [0.25, 0.3) is 0 Å². The molecule has 0 unspecified atom stereocenters. The van der Waals surface area contributed by atoms with Crippen LogP contribution in [0.5, 0.6) is 0 Å². The molecule has 2 aliphatic rings. The third-order valence-electron chi connectivity index (χ3n) is 6.80. The van der Waals surface area contributed by atoms with Crippen molar-refractivity contribution in [3.05, 3.63) is 70.9 Å². The van der Waals surface area contributed by atoms with Crippen molar-refractivity contribution in [3.63, 3.8) is 0 Å². The summed E-state index contributed by atoms with van der Waals surface area (Å²) < 4.78 is 0. The predicted molar refractivity (Wildman–Crippen MR) is 125 cm³/mol. The van der Waals surface area contributed by atoms with Crippen LogP contribution in [0.1, 0.15) is 24.0 Å². The van der Waals surface area contributed by atoms with Crippen LogP contribution >= 0.6 is 11.6 Å². The van der Waals surface area contributed by atoms with E-state index in [-0.39, 0.29) is 11.8 Å². The molecule has 2 atom stereocenters. The molecule has 0 radical (unpaired) electrons. The van der Waals surface area contributed by atoms with Crippen LogP contribution in [0.25, 0.3) is 10.9 Å². The molecule has 32 heavy (non-hydrogen) atoms. The van der Waals surface area contributed by atoms with Crippen LogP contribution in [0, 0.1) is 5.41 Å². The second-order valence-electron chi connectivity index (χ2n) is 9.00. The second kappa shape index (κ2) is 8.60. The van der Waals surface area contributed by atoms with E-state index in [4.69, 9.17) is 11.6 Å².